The van der Waals surface area contributed by atoms with Crippen molar-refractivity contribution >= 4 is 16.7 Å². The third-order valence-electron chi connectivity index (χ3n) is 2.64. The first kappa shape index (κ1) is 12.4. The molecular weight excluding hydrogens is 208 g/mol. The fourth-order valence-electron chi connectivity index (χ4n) is 0.993. The van der Waals surface area contributed by atoms with Crippen molar-refractivity contribution in [3.05, 3.63) is 5.82 Å². The van der Waals surface area contributed by atoms with Gasteiger partial charge in [-0.1, -0.05) is 13.8 Å². The Labute approximate surface area is 95.7 Å². The van der Waals surface area contributed by atoms with Crippen molar-refractivity contribution < 1.29 is 0 Å². The summed E-state index contributed by atoms with van der Waals surface area (Å²) in [4.78, 5) is 6.60. The van der Waals surface area contributed by atoms with Crippen LogP contribution < -0.4 is 10.6 Å². The summed E-state index contributed by atoms with van der Waals surface area (Å²) in [5, 5.41) is 0.939. The van der Waals surface area contributed by atoms with Gasteiger partial charge in [0, 0.05) is 36.6 Å². The van der Waals surface area contributed by atoms with Crippen molar-refractivity contribution in [2.45, 2.75) is 39.2 Å². The minimum atomic E-state index is -0.0756. The molecule has 86 valence electrons. The highest BCUT2D eigenvalue weighted by molar-refractivity contribution is 7.09. The Hall–Kier alpha value is -0.680. The largest absolute Gasteiger partial charge is 0.344 e. The lowest BCUT2D eigenvalue weighted by molar-refractivity contribution is 0.497. The molecular formula is C10H20N4S. The van der Waals surface area contributed by atoms with Crippen LogP contribution in [0.3, 0.4) is 0 Å². The molecule has 0 radical (unpaired) electrons. The van der Waals surface area contributed by atoms with Crippen LogP contribution in [0.1, 0.15) is 39.4 Å². The van der Waals surface area contributed by atoms with Gasteiger partial charge in [0.25, 0.3) is 0 Å². The van der Waals surface area contributed by atoms with Gasteiger partial charge in [-0.05, 0) is 13.8 Å². The average molecular weight is 228 g/mol. The SMILES string of the molecule is CC(C)c1nsc(N(C)C(C)(C)CN)n1. The normalized spacial score (nSPS) is 12.2. The number of likely N-dealkylation sites (N-methyl/N-ethyl adjacent to an activating group) is 1. The number of nitrogens with zero attached hydrogens (tertiary/aromatic N) is 3. The Morgan fingerprint density at radius 2 is 2.07 bits per heavy atom. The monoisotopic (exact) mass is 228 g/mol. The molecule has 1 aromatic heterocycles. The Bertz CT molecular complexity index is 319. The standard InChI is InChI=1S/C10H20N4S/c1-7(2)8-12-9(15-13-8)14(5)10(3,4)6-11/h7H,6,11H2,1-5H3. The number of anilines is 1. The third kappa shape index (κ3) is 2.66. The molecule has 2 N–H and O–H groups in total. The molecule has 15 heavy (non-hydrogen) atoms. The highest BCUT2D eigenvalue weighted by atomic mass is 32.1. The fourth-order valence-corrected chi connectivity index (χ4v) is 1.92. The van der Waals surface area contributed by atoms with E-state index >= 15 is 0 Å². The summed E-state index contributed by atoms with van der Waals surface area (Å²) in [6, 6.07) is 0. The highest BCUT2D eigenvalue weighted by Gasteiger charge is 2.24. The van der Waals surface area contributed by atoms with E-state index < -0.39 is 0 Å². The lowest BCUT2D eigenvalue weighted by atomic mass is 10.1. The zero-order valence-corrected chi connectivity index (χ0v) is 10.9. The fraction of sp³-hybridized carbons (Fsp3) is 0.800. The molecule has 5 heteroatoms. The first-order valence-electron chi connectivity index (χ1n) is 5.16. The van der Waals surface area contributed by atoms with Crippen molar-refractivity contribution in [1.29, 1.82) is 0 Å². The van der Waals surface area contributed by atoms with Gasteiger partial charge in [0.1, 0.15) is 5.82 Å². The second-order valence-corrected chi connectivity index (χ2v) is 5.40. The van der Waals surface area contributed by atoms with E-state index in [9.17, 15) is 0 Å². The molecule has 0 saturated heterocycles. The van der Waals surface area contributed by atoms with Crippen molar-refractivity contribution in [3.8, 4) is 0 Å². The van der Waals surface area contributed by atoms with Crippen LogP contribution in [0.2, 0.25) is 0 Å². The molecule has 0 bridgehead atoms. The average Bonchev–Trinajstić information content (AvgIpc) is 2.65. The lowest BCUT2D eigenvalue weighted by Crippen LogP contribution is -2.47. The van der Waals surface area contributed by atoms with Gasteiger partial charge in [-0.3, -0.25) is 0 Å². The molecule has 0 aromatic carbocycles. The molecule has 0 atom stereocenters. The van der Waals surface area contributed by atoms with E-state index in [1.54, 1.807) is 0 Å². The zero-order chi connectivity index (χ0) is 11.6. The third-order valence-corrected chi connectivity index (χ3v) is 3.45. The quantitative estimate of drug-likeness (QED) is 0.854. The van der Waals surface area contributed by atoms with E-state index in [1.165, 1.54) is 11.5 Å². The van der Waals surface area contributed by atoms with Crippen LogP contribution in [0, 0.1) is 0 Å². The molecule has 0 saturated carbocycles. The van der Waals surface area contributed by atoms with Gasteiger partial charge in [0.15, 0.2) is 0 Å². The van der Waals surface area contributed by atoms with E-state index in [0.717, 1.165) is 11.0 Å². The Morgan fingerprint density at radius 3 is 2.47 bits per heavy atom. The van der Waals surface area contributed by atoms with Gasteiger partial charge in [-0.2, -0.15) is 4.37 Å². The first-order valence-corrected chi connectivity index (χ1v) is 5.93. The van der Waals surface area contributed by atoms with Gasteiger partial charge < -0.3 is 10.6 Å². The van der Waals surface area contributed by atoms with Gasteiger partial charge >= 0.3 is 0 Å². The van der Waals surface area contributed by atoms with Gasteiger partial charge in [0.2, 0.25) is 5.13 Å². The van der Waals surface area contributed by atoms with E-state index in [-0.39, 0.29) is 5.54 Å². The Kier molecular flexibility index (Phi) is 3.67. The van der Waals surface area contributed by atoms with Crippen LogP contribution in [-0.4, -0.2) is 28.5 Å². The molecule has 0 aliphatic carbocycles. The molecule has 4 nitrogen and oxygen atoms in total. The van der Waals surface area contributed by atoms with E-state index in [4.69, 9.17) is 5.73 Å². The Balaban J connectivity index is 2.87. The van der Waals surface area contributed by atoms with Gasteiger partial charge in [-0.15, -0.1) is 0 Å². The summed E-state index contributed by atoms with van der Waals surface area (Å²) < 4.78 is 4.33. The molecule has 0 spiro atoms. The van der Waals surface area contributed by atoms with E-state index in [1.807, 2.05) is 7.05 Å². The topological polar surface area (TPSA) is 55.0 Å². The number of nitrogens with two attached hydrogens (primary N) is 1. The molecule has 1 heterocycles. The lowest BCUT2D eigenvalue weighted by Gasteiger charge is -2.33. The first-order chi connectivity index (χ1) is 6.88. The summed E-state index contributed by atoms with van der Waals surface area (Å²) in [7, 11) is 2.01. The number of aromatic nitrogens is 2. The maximum atomic E-state index is 5.73. The molecule has 0 fully saturated rings. The van der Waals surface area contributed by atoms with Crippen molar-refractivity contribution in [3.63, 3.8) is 0 Å². The summed E-state index contributed by atoms with van der Waals surface area (Å²) >= 11 is 1.44. The predicted octanol–water partition coefficient (Wildman–Crippen LogP) is 1.84. The van der Waals surface area contributed by atoms with Crippen LogP contribution in [-0.2, 0) is 0 Å². The zero-order valence-electron chi connectivity index (χ0n) is 10.1. The highest BCUT2D eigenvalue weighted by Crippen LogP contribution is 2.25. The molecule has 1 rings (SSSR count). The van der Waals surface area contributed by atoms with E-state index in [0.29, 0.717) is 12.5 Å². The van der Waals surface area contributed by atoms with Gasteiger partial charge in [-0.25, -0.2) is 4.98 Å². The smallest absolute Gasteiger partial charge is 0.205 e. The molecule has 0 amide bonds. The molecule has 0 aliphatic heterocycles. The summed E-state index contributed by atoms with van der Waals surface area (Å²) in [6.45, 7) is 8.99. The van der Waals surface area contributed by atoms with E-state index in [2.05, 4.69) is 42.0 Å². The number of rotatable bonds is 4. The minimum Gasteiger partial charge on any atom is -0.344 e. The minimum absolute atomic E-state index is 0.0756. The van der Waals surface area contributed by atoms with Gasteiger partial charge in [0.05, 0.1) is 0 Å². The second kappa shape index (κ2) is 4.45. The number of hydrogen-bond acceptors (Lipinski definition) is 5. The molecule has 0 aliphatic rings. The molecule has 0 unspecified atom stereocenters. The molecule has 1 aromatic rings. The number of hydrogen-bond donors (Lipinski definition) is 1. The van der Waals surface area contributed by atoms with Crippen LogP contribution in [0.25, 0.3) is 0 Å². The summed E-state index contributed by atoms with van der Waals surface area (Å²) in [5.41, 5.74) is 5.65. The van der Waals surface area contributed by atoms with Crippen LogP contribution in [0.5, 0.6) is 0 Å². The predicted molar refractivity (Wildman–Crippen MR) is 65.5 cm³/mol. The van der Waals surface area contributed by atoms with Crippen molar-refractivity contribution in [2.75, 3.05) is 18.5 Å². The summed E-state index contributed by atoms with van der Waals surface area (Å²) in [6.07, 6.45) is 0. The van der Waals surface area contributed by atoms with Crippen molar-refractivity contribution in [1.82, 2.24) is 9.36 Å². The summed E-state index contributed by atoms with van der Waals surface area (Å²) in [5.74, 6) is 1.29. The maximum absolute atomic E-state index is 5.73. The van der Waals surface area contributed by atoms with Crippen molar-refractivity contribution in [2.24, 2.45) is 5.73 Å². The van der Waals surface area contributed by atoms with Crippen LogP contribution in [0.15, 0.2) is 0 Å². The van der Waals surface area contributed by atoms with Crippen LogP contribution in [0.4, 0.5) is 5.13 Å². The Morgan fingerprint density at radius 1 is 1.47 bits per heavy atom. The maximum Gasteiger partial charge on any atom is 0.205 e. The second-order valence-electron chi connectivity index (χ2n) is 4.67. The van der Waals surface area contributed by atoms with Crippen LogP contribution >= 0.6 is 11.5 Å².